The van der Waals surface area contributed by atoms with Gasteiger partial charge in [-0.15, -0.1) is 0 Å². The number of unbranched alkanes of at least 4 members (excludes halogenated alkanes) is 26. The molecule has 1 heteroatoms. The maximum absolute atomic E-state index is 2.64. The van der Waals surface area contributed by atoms with Gasteiger partial charge >= 0.3 is 0 Å². The Bertz CT molecular complexity index is 341. The lowest BCUT2D eigenvalue weighted by atomic mass is 10.0. The first-order chi connectivity index (χ1) is 17.1. The lowest BCUT2D eigenvalue weighted by Crippen LogP contribution is -2.01. The smallest absolute Gasteiger partial charge is 0.0589 e. The van der Waals surface area contributed by atoms with Crippen molar-refractivity contribution < 1.29 is 0 Å². The van der Waals surface area contributed by atoms with E-state index in [2.05, 4.69) is 27.2 Å². The van der Waals surface area contributed by atoms with Crippen LogP contribution in [0.4, 0.5) is 0 Å². The molecule has 0 aromatic heterocycles. The average Bonchev–Trinajstić information content (AvgIpc) is 2.84. The van der Waals surface area contributed by atoms with Crippen LogP contribution in [0.3, 0.4) is 0 Å². The molecular formula is C34H72P+. The van der Waals surface area contributed by atoms with Crippen molar-refractivity contribution in [2.24, 2.45) is 0 Å². The molecule has 212 valence electrons. The summed E-state index contributed by atoms with van der Waals surface area (Å²) < 4.78 is 0. The monoisotopic (exact) mass is 512 g/mol. The molecule has 0 fully saturated rings. The average molecular weight is 512 g/mol. The standard InChI is InChI=1S/C34H72P/c1-5-7-9-11-13-15-17-19-21-23-25-27-29-31-33-35(3,4)34-32-30-28-26-24-22-20-18-16-14-12-10-8-6-2/h5-34H2,1-4H3/q+1. The van der Waals surface area contributed by atoms with E-state index in [0.717, 1.165) is 0 Å². The minimum Gasteiger partial charge on any atom is -0.0654 e. The molecule has 0 aliphatic carbocycles. The van der Waals surface area contributed by atoms with Crippen molar-refractivity contribution in [3.63, 3.8) is 0 Å². The van der Waals surface area contributed by atoms with Gasteiger partial charge < -0.3 is 0 Å². The van der Waals surface area contributed by atoms with Crippen LogP contribution in [-0.2, 0) is 0 Å². The Kier molecular flexibility index (Phi) is 29.3. The van der Waals surface area contributed by atoms with Crippen molar-refractivity contribution in [1.82, 2.24) is 0 Å². The van der Waals surface area contributed by atoms with Crippen molar-refractivity contribution in [1.29, 1.82) is 0 Å². The molecule has 0 saturated heterocycles. The summed E-state index contributed by atoms with van der Waals surface area (Å²) in [5.74, 6) is 0. The number of hydrogen-bond donors (Lipinski definition) is 0. The summed E-state index contributed by atoms with van der Waals surface area (Å²) in [4.78, 5) is 0. The molecule has 0 atom stereocenters. The molecule has 35 heavy (non-hydrogen) atoms. The second-order valence-corrected chi connectivity index (χ2v) is 17.3. The Morgan fingerprint density at radius 2 is 0.429 bits per heavy atom. The van der Waals surface area contributed by atoms with Crippen molar-refractivity contribution in [2.75, 3.05) is 25.7 Å². The molecule has 0 bridgehead atoms. The van der Waals surface area contributed by atoms with Crippen molar-refractivity contribution >= 4 is 7.26 Å². The Hall–Kier alpha value is 0.430. The highest BCUT2D eigenvalue weighted by atomic mass is 31.2. The molecule has 0 nitrogen and oxygen atoms in total. The lowest BCUT2D eigenvalue weighted by Gasteiger charge is -2.18. The molecule has 0 unspecified atom stereocenters. The molecule has 0 aromatic rings. The van der Waals surface area contributed by atoms with Gasteiger partial charge in [0.05, 0.1) is 12.3 Å². The van der Waals surface area contributed by atoms with E-state index >= 15 is 0 Å². The van der Waals surface area contributed by atoms with Gasteiger partial charge in [0, 0.05) is 20.6 Å². The third-order valence-corrected chi connectivity index (χ3v) is 11.3. The minimum absolute atomic E-state index is 0.612. The molecule has 0 N–H and O–H groups in total. The Morgan fingerprint density at radius 1 is 0.257 bits per heavy atom. The van der Waals surface area contributed by atoms with Crippen LogP contribution in [0.2, 0.25) is 0 Å². The highest BCUT2D eigenvalue weighted by molar-refractivity contribution is 7.74. The molecule has 0 aliphatic heterocycles. The van der Waals surface area contributed by atoms with Gasteiger partial charge in [-0.1, -0.05) is 168 Å². The zero-order chi connectivity index (χ0) is 25.7. The molecule has 0 spiro atoms. The third kappa shape index (κ3) is 30.5. The minimum atomic E-state index is -0.612. The van der Waals surface area contributed by atoms with E-state index in [1.807, 2.05) is 0 Å². The van der Waals surface area contributed by atoms with Crippen molar-refractivity contribution in [3.8, 4) is 0 Å². The van der Waals surface area contributed by atoms with E-state index in [4.69, 9.17) is 0 Å². The van der Waals surface area contributed by atoms with Gasteiger partial charge in [-0.25, -0.2) is 0 Å². The maximum atomic E-state index is 2.64. The fourth-order valence-corrected chi connectivity index (χ4v) is 7.96. The first-order valence-electron chi connectivity index (χ1n) is 16.9. The first-order valence-corrected chi connectivity index (χ1v) is 20.0. The normalized spacial score (nSPS) is 12.0. The zero-order valence-corrected chi connectivity index (χ0v) is 26.6. The van der Waals surface area contributed by atoms with Gasteiger partial charge in [-0.3, -0.25) is 0 Å². The Morgan fingerprint density at radius 3 is 0.629 bits per heavy atom. The fraction of sp³-hybridized carbons (Fsp3) is 1.00. The van der Waals surface area contributed by atoms with E-state index in [9.17, 15) is 0 Å². The second kappa shape index (κ2) is 29.0. The Labute approximate surface area is 226 Å². The lowest BCUT2D eigenvalue weighted by molar-refractivity contribution is 0.538. The molecule has 0 saturated carbocycles. The molecule has 0 radical (unpaired) electrons. The molecule has 0 heterocycles. The van der Waals surface area contributed by atoms with Crippen LogP contribution in [0.25, 0.3) is 0 Å². The van der Waals surface area contributed by atoms with Crippen LogP contribution in [0, 0.1) is 0 Å². The highest BCUT2D eigenvalue weighted by Crippen LogP contribution is 2.52. The first kappa shape index (κ1) is 35.4. The summed E-state index contributed by atoms with van der Waals surface area (Å²) in [7, 11) is -0.612. The van der Waals surface area contributed by atoms with Crippen LogP contribution in [-0.4, -0.2) is 25.7 Å². The maximum Gasteiger partial charge on any atom is 0.0589 e. The summed E-state index contributed by atoms with van der Waals surface area (Å²) in [6, 6.07) is 0. The van der Waals surface area contributed by atoms with Crippen LogP contribution in [0.15, 0.2) is 0 Å². The van der Waals surface area contributed by atoms with E-state index in [1.54, 1.807) is 12.3 Å². The predicted molar refractivity (Wildman–Crippen MR) is 169 cm³/mol. The summed E-state index contributed by atoms with van der Waals surface area (Å²) in [6.07, 6.45) is 44.5. The van der Waals surface area contributed by atoms with Crippen LogP contribution < -0.4 is 0 Å². The third-order valence-electron chi connectivity index (χ3n) is 8.23. The van der Waals surface area contributed by atoms with E-state index in [0.29, 0.717) is 0 Å². The SMILES string of the molecule is CCCCCCCCCCCCCCCC[P+](C)(C)CCCCCCCCCCCCCCCC. The molecule has 0 amide bonds. The van der Waals surface area contributed by atoms with Crippen molar-refractivity contribution in [2.45, 2.75) is 194 Å². The van der Waals surface area contributed by atoms with Crippen molar-refractivity contribution in [3.05, 3.63) is 0 Å². The van der Waals surface area contributed by atoms with Gasteiger partial charge in [0.25, 0.3) is 0 Å². The van der Waals surface area contributed by atoms with E-state index in [1.165, 1.54) is 180 Å². The topological polar surface area (TPSA) is 0 Å². The van der Waals surface area contributed by atoms with Crippen LogP contribution in [0.5, 0.6) is 0 Å². The Balaban J connectivity index is 3.28. The van der Waals surface area contributed by atoms with Crippen LogP contribution in [0.1, 0.15) is 194 Å². The number of hydrogen-bond acceptors (Lipinski definition) is 0. The van der Waals surface area contributed by atoms with Gasteiger partial charge in [-0.2, -0.15) is 0 Å². The number of rotatable bonds is 30. The zero-order valence-electron chi connectivity index (χ0n) is 25.7. The summed E-state index contributed by atoms with van der Waals surface area (Å²) in [6.45, 7) is 9.89. The highest BCUT2D eigenvalue weighted by Gasteiger charge is 2.23. The fourth-order valence-electron chi connectivity index (χ4n) is 5.58. The van der Waals surface area contributed by atoms with Gasteiger partial charge in [0.1, 0.15) is 0 Å². The van der Waals surface area contributed by atoms with E-state index < -0.39 is 7.26 Å². The van der Waals surface area contributed by atoms with E-state index in [-0.39, 0.29) is 0 Å². The summed E-state index contributed by atoms with van der Waals surface area (Å²) in [5, 5.41) is 0. The second-order valence-electron chi connectivity index (χ2n) is 12.6. The molecule has 0 aliphatic rings. The quantitative estimate of drug-likeness (QED) is 0.0664. The molecular weight excluding hydrogens is 439 g/mol. The van der Waals surface area contributed by atoms with Gasteiger partial charge in [0.15, 0.2) is 0 Å². The van der Waals surface area contributed by atoms with Gasteiger partial charge in [0.2, 0.25) is 0 Å². The molecule has 0 aromatic carbocycles. The molecule has 0 rings (SSSR count). The summed E-state index contributed by atoms with van der Waals surface area (Å²) in [5.41, 5.74) is 0. The van der Waals surface area contributed by atoms with Crippen LogP contribution >= 0.6 is 7.26 Å². The summed E-state index contributed by atoms with van der Waals surface area (Å²) >= 11 is 0. The largest absolute Gasteiger partial charge is 0.0654 e. The predicted octanol–water partition coefficient (Wildman–Crippen LogP) is 13.2. The van der Waals surface area contributed by atoms with Gasteiger partial charge in [-0.05, 0) is 25.7 Å².